The molecular formula is C24H32F2N4O. The number of hydrogen-bond acceptors (Lipinski definition) is 5. The number of benzene rings is 1. The summed E-state index contributed by atoms with van der Waals surface area (Å²) in [6, 6.07) is 7.21. The van der Waals surface area contributed by atoms with Crippen molar-refractivity contribution in [1.29, 1.82) is 0 Å². The fourth-order valence-corrected chi connectivity index (χ4v) is 4.17. The van der Waals surface area contributed by atoms with Gasteiger partial charge >= 0.3 is 0 Å². The van der Waals surface area contributed by atoms with Gasteiger partial charge in [-0.3, -0.25) is 0 Å². The molecule has 0 spiro atoms. The average molecular weight is 431 g/mol. The van der Waals surface area contributed by atoms with Crippen molar-refractivity contribution in [3.05, 3.63) is 42.1 Å². The molecule has 7 heteroatoms. The lowest BCUT2D eigenvalue weighted by Gasteiger charge is -2.30. The van der Waals surface area contributed by atoms with Crippen LogP contribution >= 0.6 is 0 Å². The summed E-state index contributed by atoms with van der Waals surface area (Å²) in [5.41, 5.74) is 1.31. The van der Waals surface area contributed by atoms with Crippen molar-refractivity contribution in [2.45, 2.75) is 50.6 Å². The van der Waals surface area contributed by atoms with Crippen LogP contribution in [-0.2, 0) is 4.74 Å². The van der Waals surface area contributed by atoms with Crippen LogP contribution in [0.15, 0.2) is 30.5 Å². The van der Waals surface area contributed by atoms with E-state index in [0.29, 0.717) is 24.4 Å². The fourth-order valence-electron chi connectivity index (χ4n) is 4.17. The molecule has 0 bridgehead atoms. The van der Waals surface area contributed by atoms with Crippen molar-refractivity contribution in [2.75, 3.05) is 37.4 Å². The van der Waals surface area contributed by atoms with E-state index in [2.05, 4.69) is 20.9 Å². The Labute approximate surface area is 183 Å². The van der Waals surface area contributed by atoms with Crippen LogP contribution in [0.25, 0.3) is 11.1 Å². The topological polar surface area (TPSA) is 58.2 Å². The summed E-state index contributed by atoms with van der Waals surface area (Å²) in [4.78, 5) is 4.20. The highest BCUT2D eigenvalue weighted by Crippen LogP contribution is 2.32. The van der Waals surface area contributed by atoms with Gasteiger partial charge in [0.25, 0.3) is 0 Å². The summed E-state index contributed by atoms with van der Waals surface area (Å²) in [5.74, 6) is 0.334. The largest absolute Gasteiger partial charge is 0.385 e. The number of halogens is 2. The highest BCUT2D eigenvalue weighted by atomic mass is 19.1. The molecule has 5 nitrogen and oxygen atoms in total. The van der Waals surface area contributed by atoms with E-state index < -0.39 is 11.6 Å². The smallest absolute Gasteiger partial charge is 0.149 e. The van der Waals surface area contributed by atoms with Gasteiger partial charge < -0.3 is 20.7 Å². The molecule has 1 heterocycles. The van der Waals surface area contributed by atoms with Gasteiger partial charge in [0.1, 0.15) is 17.5 Å². The number of methoxy groups -OCH3 is 1. The van der Waals surface area contributed by atoms with Crippen LogP contribution in [0.5, 0.6) is 0 Å². The standard InChI is InChI=1S/C24H32F2N4O/c1-31-11-10-27-17-4-6-18(7-5-17)30-24-13-21(23(26)15-29-24)20-12-19(8-9-22(20)25)28-14-16-2-3-16/h8-9,12-13,15-18,27-28H,2-7,10-11,14H2,1H3,(H,29,30)/t17-,18-. The minimum absolute atomic E-state index is 0.236. The molecule has 2 aliphatic rings. The maximum absolute atomic E-state index is 14.6. The molecule has 2 aliphatic carbocycles. The molecule has 2 fully saturated rings. The second-order valence-corrected chi connectivity index (χ2v) is 8.71. The highest BCUT2D eigenvalue weighted by Gasteiger charge is 2.22. The first-order chi connectivity index (χ1) is 15.1. The Morgan fingerprint density at radius 3 is 2.45 bits per heavy atom. The number of nitrogens with one attached hydrogen (secondary N) is 3. The Morgan fingerprint density at radius 1 is 0.968 bits per heavy atom. The van der Waals surface area contributed by atoms with Gasteiger partial charge in [-0.25, -0.2) is 13.8 Å². The second-order valence-electron chi connectivity index (χ2n) is 8.71. The van der Waals surface area contributed by atoms with Crippen LogP contribution in [0.2, 0.25) is 0 Å². The highest BCUT2D eigenvalue weighted by molar-refractivity contribution is 5.71. The number of anilines is 2. The molecule has 2 saturated carbocycles. The first-order valence-corrected chi connectivity index (χ1v) is 11.3. The number of pyridine rings is 1. The molecule has 0 atom stereocenters. The predicted octanol–water partition coefficient (Wildman–Crippen LogP) is 4.81. The van der Waals surface area contributed by atoms with Crippen LogP contribution in [0.4, 0.5) is 20.3 Å². The third-order valence-corrected chi connectivity index (χ3v) is 6.22. The molecule has 4 rings (SSSR count). The van der Waals surface area contributed by atoms with Crippen molar-refractivity contribution in [3.8, 4) is 11.1 Å². The summed E-state index contributed by atoms with van der Waals surface area (Å²) in [7, 11) is 1.71. The molecule has 3 N–H and O–H groups in total. The van der Waals surface area contributed by atoms with E-state index in [4.69, 9.17) is 4.74 Å². The maximum atomic E-state index is 14.6. The molecule has 168 valence electrons. The first kappa shape index (κ1) is 22.0. The lowest BCUT2D eigenvalue weighted by molar-refractivity contribution is 0.191. The number of aromatic nitrogens is 1. The zero-order valence-electron chi connectivity index (χ0n) is 18.1. The van der Waals surface area contributed by atoms with Gasteiger partial charge in [0.15, 0.2) is 0 Å². The minimum Gasteiger partial charge on any atom is -0.385 e. The monoisotopic (exact) mass is 430 g/mol. The SMILES string of the molecule is COCCN[C@H]1CC[C@H](Nc2cc(-c3cc(NCC4CC4)ccc3F)c(F)cn2)CC1. The normalized spacial score (nSPS) is 21.1. The summed E-state index contributed by atoms with van der Waals surface area (Å²) in [6.45, 7) is 2.45. The molecule has 0 radical (unpaired) electrons. The van der Waals surface area contributed by atoms with Gasteiger partial charge in [-0.1, -0.05) is 0 Å². The number of ether oxygens (including phenoxy) is 1. The van der Waals surface area contributed by atoms with Gasteiger partial charge in [-0.05, 0) is 68.7 Å². The maximum Gasteiger partial charge on any atom is 0.149 e. The fraction of sp³-hybridized carbons (Fsp3) is 0.542. The summed E-state index contributed by atoms with van der Waals surface area (Å²) in [5, 5.41) is 10.3. The van der Waals surface area contributed by atoms with E-state index in [1.165, 1.54) is 25.1 Å². The van der Waals surface area contributed by atoms with Crippen molar-refractivity contribution < 1.29 is 13.5 Å². The molecule has 1 aromatic heterocycles. The van der Waals surface area contributed by atoms with Crippen LogP contribution in [0, 0.1) is 17.6 Å². The van der Waals surface area contributed by atoms with E-state index in [-0.39, 0.29) is 17.2 Å². The van der Waals surface area contributed by atoms with E-state index >= 15 is 0 Å². The Morgan fingerprint density at radius 2 is 1.71 bits per heavy atom. The molecule has 31 heavy (non-hydrogen) atoms. The Hall–Kier alpha value is -2.25. The second kappa shape index (κ2) is 10.4. The molecule has 1 aromatic carbocycles. The average Bonchev–Trinajstić information content (AvgIpc) is 3.61. The summed E-state index contributed by atoms with van der Waals surface area (Å²) in [6.07, 6.45) is 7.80. The predicted molar refractivity (Wildman–Crippen MR) is 120 cm³/mol. The zero-order valence-corrected chi connectivity index (χ0v) is 18.1. The Kier molecular flexibility index (Phi) is 7.35. The third kappa shape index (κ3) is 6.14. The van der Waals surface area contributed by atoms with Crippen LogP contribution in [0.1, 0.15) is 38.5 Å². The van der Waals surface area contributed by atoms with E-state index in [1.807, 2.05) is 0 Å². The molecule has 0 saturated heterocycles. The molecule has 2 aromatic rings. The number of hydrogen-bond donors (Lipinski definition) is 3. The Balaban J connectivity index is 1.40. The molecule has 0 unspecified atom stereocenters. The molecular weight excluding hydrogens is 398 g/mol. The lowest BCUT2D eigenvalue weighted by atomic mass is 9.91. The van der Waals surface area contributed by atoms with Gasteiger partial charge in [0, 0.05) is 49.1 Å². The molecule has 0 amide bonds. The summed E-state index contributed by atoms with van der Waals surface area (Å²) >= 11 is 0. The van der Waals surface area contributed by atoms with Crippen LogP contribution < -0.4 is 16.0 Å². The van der Waals surface area contributed by atoms with Crippen molar-refractivity contribution >= 4 is 11.5 Å². The van der Waals surface area contributed by atoms with Gasteiger partial charge in [-0.2, -0.15) is 0 Å². The number of rotatable bonds is 10. The van der Waals surface area contributed by atoms with Gasteiger partial charge in [0.05, 0.1) is 12.8 Å². The first-order valence-electron chi connectivity index (χ1n) is 11.3. The molecule has 0 aliphatic heterocycles. The van der Waals surface area contributed by atoms with Crippen LogP contribution in [0.3, 0.4) is 0 Å². The van der Waals surface area contributed by atoms with E-state index in [9.17, 15) is 8.78 Å². The van der Waals surface area contributed by atoms with Crippen LogP contribution in [-0.4, -0.2) is 43.9 Å². The van der Waals surface area contributed by atoms with Crippen molar-refractivity contribution in [1.82, 2.24) is 10.3 Å². The van der Waals surface area contributed by atoms with Gasteiger partial charge in [0.2, 0.25) is 0 Å². The quantitative estimate of drug-likeness (QED) is 0.473. The lowest BCUT2D eigenvalue weighted by Crippen LogP contribution is -2.38. The van der Waals surface area contributed by atoms with E-state index in [1.54, 1.807) is 25.3 Å². The van der Waals surface area contributed by atoms with E-state index in [0.717, 1.165) is 44.5 Å². The Bertz CT molecular complexity index is 867. The van der Waals surface area contributed by atoms with Crippen molar-refractivity contribution in [3.63, 3.8) is 0 Å². The number of nitrogens with zero attached hydrogens (tertiary/aromatic N) is 1. The minimum atomic E-state index is -0.519. The van der Waals surface area contributed by atoms with Gasteiger partial charge in [-0.15, -0.1) is 0 Å². The summed E-state index contributed by atoms with van der Waals surface area (Å²) < 4.78 is 34.2. The third-order valence-electron chi connectivity index (χ3n) is 6.22. The zero-order chi connectivity index (χ0) is 21.6. The van der Waals surface area contributed by atoms with Crippen molar-refractivity contribution in [2.24, 2.45) is 5.92 Å².